The number of aryl methyl sites for hydroxylation is 1. The van der Waals surface area contributed by atoms with Crippen LogP contribution in [0, 0.1) is 6.92 Å². The molecule has 0 unspecified atom stereocenters. The van der Waals surface area contributed by atoms with Crippen LogP contribution in [-0.2, 0) is 4.79 Å². The highest BCUT2D eigenvalue weighted by atomic mass is 16.2. The van der Waals surface area contributed by atoms with Gasteiger partial charge in [-0.2, -0.15) is 0 Å². The number of amides is 2. The van der Waals surface area contributed by atoms with E-state index in [1.165, 1.54) is 25.4 Å². The highest BCUT2D eigenvalue weighted by Crippen LogP contribution is 2.19. The van der Waals surface area contributed by atoms with Crippen LogP contribution in [0.3, 0.4) is 0 Å². The predicted octanol–water partition coefficient (Wildman–Crippen LogP) is 1.89. The van der Waals surface area contributed by atoms with E-state index in [0.717, 1.165) is 5.56 Å². The molecule has 0 atom stereocenters. The van der Waals surface area contributed by atoms with Crippen molar-refractivity contribution in [1.82, 2.24) is 4.98 Å². The van der Waals surface area contributed by atoms with Crippen molar-refractivity contribution in [2.75, 3.05) is 10.6 Å². The third-order valence-electron chi connectivity index (χ3n) is 2.86. The fraction of sp³-hybridized carbons (Fsp3) is 0.133. The molecule has 2 amide bonds. The van der Waals surface area contributed by atoms with Gasteiger partial charge in [0.2, 0.25) is 5.91 Å². The zero-order valence-corrected chi connectivity index (χ0v) is 11.7. The largest absolute Gasteiger partial charge is 0.367 e. The number of aromatic nitrogens is 1. The SMILES string of the molecule is CC(=O)Nc1ccc(NC(=O)c2c[nH]ccc2=O)cc1C. The van der Waals surface area contributed by atoms with Gasteiger partial charge in [0.05, 0.1) is 0 Å². The number of hydrogen-bond donors (Lipinski definition) is 3. The molecule has 0 fully saturated rings. The lowest BCUT2D eigenvalue weighted by Gasteiger charge is -2.10. The Morgan fingerprint density at radius 3 is 2.52 bits per heavy atom. The lowest BCUT2D eigenvalue weighted by Crippen LogP contribution is -2.20. The van der Waals surface area contributed by atoms with E-state index in [4.69, 9.17) is 0 Å². The lowest BCUT2D eigenvalue weighted by molar-refractivity contribution is -0.114. The van der Waals surface area contributed by atoms with E-state index >= 15 is 0 Å². The number of benzene rings is 1. The summed E-state index contributed by atoms with van der Waals surface area (Å²) in [5, 5.41) is 5.34. The van der Waals surface area contributed by atoms with E-state index in [1.807, 2.05) is 6.92 Å². The Morgan fingerprint density at radius 2 is 1.90 bits per heavy atom. The van der Waals surface area contributed by atoms with E-state index in [9.17, 15) is 14.4 Å². The molecule has 1 aromatic heterocycles. The van der Waals surface area contributed by atoms with Crippen LogP contribution in [0.5, 0.6) is 0 Å². The summed E-state index contributed by atoms with van der Waals surface area (Å²) >= 11 is 0. The number of anilines is 2. The van der Waals surface area contributed by atoms with Gasteiger partial charge in [0.1, 0.15) is 5.56 Å². The molecule has 3 N–H and O–H groups in total. The zero-order chi connectivity index (χ0) is 15.4. The molecular formula is C15H15N3O3. The van der Waals surface area contributed by atoms with Gasteiger partial charge in [0, 0.05) is 36.8 Å². The first kappa shape index (κ1) is 14.5. The van der Waals surface area contributed by atoms with Crippen molar-refractivity contribution in [2.24, 2.45) is 0 Å². The van der Waals surface area contributed by atoms with Gasteiger partial charge < -0.3 is 15.6 Å². The second-order valence-corrected chi connectivity index (χ2v) is 4.59. The Bertz CT molecular complexity index is 750. The van der Waals surface area contributed by atoms with E-state index in [-0.39, 0.29) is 16.9 Å². The molecule has 0 spiro atoms. The maximum Gasteiger partial charge on any atom is 0.261 e. The normalized spacial score (nSPS) is 10.0. The van der Waals surface area contributed by atoms with Crippen LogP contribution in [0.15, 0.2) is 41.5 Å². The molecule has 0 bridgehead atoms. The zero-order valence-electron chi connectivity index (χ0n) is 11.7. The Hall–Kier alpha value is -2.89. The molecule has 0 radical (unpaired) electrons. The molecule has 1 heterocycles. The standard InChI is InChI=1S/C15H15N3O3/c1-9-7-11(3-4-13(9)17-10(2)19)18-15(21)12-8-16-6-5-14(12)20/h3-8H,1-2H3,(H,16,20)(H,17,19)(H,18,21). The van der Waals surface area contributed by atoms with Gasteiger partial charge in [-0.05, 0) is 30.7 Å². The summed E-state index contributed by atoms with van der Waals surface area (Å²) in [5.41, 5.74) is 1.73. The maximum atomic E-state index is 12.0. The third-order valence-corrected chi connectivity index (χ3v) is 2.86. The number of carbonyl (C=O) groups excluding carboxylic acids is 2. The topological polar surface area (TPSA) is 91.1 Å². The summed E-state index contributed by atoms with van der Waals surface area (Å²) in [6.45, 7) is 3.24. The first-order valence-electron chi connectivity index (χ1n) is 6.34. The van der Waals surface area contributed by atoms with Crippen LogP contribution in [0.25, 0.3) is 0 Å². The average molecular weight is 285 g/mol. The number of rotatable bonds is 3. The minimum Gasteiger partial charge on any atom is -0.367 e. The summed E-state index contributed by atoms with van der Waals surface area (Å²) < 4.78 is 0. The van der Waals surface area contributed by atoms with Crippen LogP contribution >= 0.6 is 0 Å². The van der Waals surface area contributed by atoms with E-state index in [2.05, 4.69) is 15.6 Å². The van der Waals surface area contributed by atoms with Gasteiger partial charge in [-0.15, -0.1) is 0 Å². The molecule has 2 aromatic rings. The molecule has 0 aliphatic heterocycles. The van der Waals surface area contributed by atoms with Crippen molar-refractivity contribution in [3.05, 3.63) is 58.0 Å². The summed E-state index contributed by atoms with van der Waals surface area (Å²) in [4.78, 5) is 37.3. The van der Waals surface area contributed by atoms with Crippen LogP contribution < -0.4 is 16.1 Å². The molecule has 108 valence electrons. The molecule has 0 aliphatic carbocycles. The predicted molar refractivity (Wildman–Crippen MR) is 80.5 cm³/mol. The molecule has 6 nitrogen and oxygen atoms in total. The minimum atomic E-state index is -0.483. The Kier molecular flexibility index (Phi) is 4.18. The molecule has 21 heavy (non-hydrogen) atoms. The molecule has 6 heteroatoms. The third kappa shape index (κ3) is 3.56. The molecule has 0 saturated heterocycles. The number of aromatic amines is 1. The van der Waals surface area contributed by atoms with Crippen molar-refractivity contribution in [1.29, 1.82) is 0 Å². The number of nitrogens with one attached hydrogen (secondary N) is 3. The average Bonchev–Trinajstić information content (AvgIpc) is 2.42. The molecule has 2 rings (SSSR count). The summed E-state index contributed by atoms with van der Waals surface area (Å²) in [6, 6.07) is 6.37. The molecule has 1 aromatic carbocycles. The maximum absolute atomic E-state index is 12.0. The van der Waals surface area contributed by atoms with Gasteiger partial charge in [-0.1, -0.05) is 0 Å². The van der Waals surface area contributed by atoms with Crippen molar-refractivity contribution < 1.29 is 9.59 Å². The Morgan fingerprint density at radius 1 is 1.14 bits per heavy atom. The van der Waals surface area contributed by atoms with Crippen LogP contribution in [-0.4, -0.2) is 16.8 Å². The Labute approximate surface area is 121 Å². The molecule has 0 aliphatic rings. The number of pyridine rings is 1. The highest BCUT2D eigenvalue weighted by Gasteiger charge is 2.10. The highest BCUT2D eigenvalue weighted by molar-refractivity contribution is 6.04. The second kappa shape index (κ2) is 6.04. The van der Waals surface area contributed by atoms with Gasteiger partial charge in [0.15, 0.2) is 5.43 Å². The van der Waals surface area contributed by atoms with Crippen molar-refractivity contribution in [2.45, 2.75) is 13.8 Å². The summed E-state index contributed by atoms with van der Waals surface area (Å²) in [5.74, 6) is -0.644. The van der Waals surface area contributed by atoms with Gasteiger partial charge in [-0.25, -0.2) is 0 Å². The summed E-state index contributed by atoms with van der Waals surface area (Å²) in [6.07, 6.45) is 2.82. The summed E-state index contributed by atoms with van der Waals surface area (Å²) in [7, 11) is 0. The minimum absolute atomic E-state index is 0.0427. The number of hydrogen-bond acceptors (Lipinski definition) is 3. The van der Waals surface area contributed by atoms with Crippen molar-refractivity contribution in [3.8, 4) is 0 Å². The van der Waals surface area contributed by atoms with Gasteiger partial charge >= 0.3 is 0 Å². The first-order chi connectivity index (χ1) is 9.97. The fourth-order valence-electron chi connectivity index (χ4n) is 1.86. The smallest absolute Gasteiger partial charge is 0.261 e. The van der Waals surface area contributed by atoms with Crippen molar-refractivity contribution in [3.63, 3.8) is 0 Å². The monoisotopic (exact) mass is 285 g/mol. The first-order valence-corrected chi connectivity index (χ1v) is 6.34. The van der Waals surface area contributed by atoms with E-state index in [1.54, 1.807) is 18.2 Å². The molecular weight excluding hydrogens is 270 g/mol. The van der Waals surface area contributed by atoms with Gasteiger partial charge in [0.25, 0.3) is 5.91 Å². The molecule has 0 saturated carbocycles. The fourth-order valence-corrected chi connectivity index (χ4v) is 1.86. The van der Waals surface area contributed by atoms with Crippen LogP contribution in [0.4, 0.5) is 11.4 Å². The lowest BCUT2D eigenvalue weighted by atomic mass is 10.1. The number of H-pyrrole nitrogens is 1. The number of carbonyl (C=O) groups is 2. The second-order valence-electron chi connectivity index (χ2n) is 4.59. The van der Waals surface area contributed by atoms with Crippen LogP contribution in [0.2, 0.25) is 0 Å². The van der Waals surface area contributed by atoms with E-state index < -0.39 is 5.91 Å². The van der Waals surface area contributed by atoms with E-state index in [0.29, 0.717) is 11.4 Å². The van der Waals surface area contributed by atoms with Crippen molar-refractivity contribution >= 4 is 23.2 Å². The quantitative estimate of drug-likeness (QED) is 0.804. The van der Waals surface area contributed by atoms with Gasteiger partial charge in [-0.3, -0.25) is 14.4 Å². The Balaban J connectivity index is 2.19. The van der Waals surface area contributed by atoms with Crippen LogP contribution in [0.1, 0.15) is 22.8 Å².